The predicted octanol–water partition coefficient (Wildman–Crippen LogP) is 3.99. The van der Waals surface area contributed by atoms with Gasteiger partial charge in [0, 0.05) is 0 Å². The van der Waals surface area contributed by atoms with Crippen LogP contribution in [0.2, 0.25) is 0 Å². The Balaban J connectivity index is 2.42. The molecular formula is C13H13Br2FO2. The fourth-order valence-corrected chi connectivity index (χ4v) is 3.33. The Morgan fingerprint density at radius 3 is 2.44 bits per heavy atom. The first kappa shape index (κ1) is 14.0. The molecule has 1 aliphatic carbocycles. The molecule has 5 heteroatoms. The van der Waals surface area contributed by atoms with Gasteiger partial charge in [-0.1, -0.05) is 37.9 Å². The Hall–Kier alpha value is -0.420. The average Bonchev–Trinajstić information content (AvgIpc) is 2.38. The van der Waals surface area contributed by atoms with Crippen molar-refractivity contribution in [1.29, 1.82) is 0 Å². The van der Waals surface area contributed by atoms with Gasteiger partial charge < -0.3 is 5.11 Å². The van der Waals surface area contributed by atoms with Crippen molar-refractivity contribution in [3.8, 4) is 0 Å². The molecule has 0 aromatic heterocycles. The van der Waals surface area contributed by atoms with Crippen molar-refractivity contribution in [2.75, 3.05) is 0 Å². The number of hydrogen-bond donors (Lipinski definition) is 1. The summed E-state index contributed by atoms with van der Waals surface area (Å²) in [6.45, 7) is 0. The summed E-state index contributed by atoms with van der Waals surface area (Å²) >= 11 is 6.56. The van der Waals surface area contributed by atoms with E-state index in [9.17, 15) is 9.18 Å². The maximum Gasteiger partial charge on any atom is 0.318 e. The Morgan fingerprint density at radius 2 is 1.83 bits per heavy atom. The first-order chi connectivity index (χ1) is 8.52. The van der Waals surface area contributed by atoms with Crippen molar-refractivity contribution in [1.82, 2.24) is 0 Å². The molecule has 1 N–H and O–H groups in total. The van der Waals surface area contributed by atoms with Gasteiger partial charge in [0.2, 0.25) is 0 Å². The molecule has 98 valence electrons. The number of benzene rings is 1. The minimum Gasteiger partial charge on any atom is -0.480 e. The van der Waals surface area contributed by atoms with E-state index in [4.69, 9.17) is 5.11 Å². The molecule has 0 heterocycles. The Labute approximate surface area is 122 Å². The van der Waals surface area contributed by atoms with E-state index in [1.54, 1.807) is 6.07 Å². The number of rotatable bonds is 3. The van der Waals surface area contributed by atoms with Crippen LogP contribution >= 0.6 is 31.9 Å². The highest BCUT2D eigenvalue weighted by molar-refractivity contribution is 9.12. The molecule has 2 unspecified atom stereocenters. The number of carbonyl (C=O) groups is 1. The summed E-state index contributed by atoms with van der Waals surface area (Å²) in [6, 6.07) is 3.13. The van der Waals surface area contributed by atoms with Gasteiger partial charge in [0.15, 0.2) is 0 Å². The van der Waals surface area contributed by atoms with Crippen LogP contribution in [0.25, 0.3) is 0 Å². The molecule has 2 nitrogen and oxygen atoms in total. The third-order valence-electron chi connectivity index (χ3n) is 3.30. The third kappa shape index (κ3) is 2.62. The second-order valence-corrected chi connectivity index (χ2v) is 6.42. The number of halogens is 3. The topological polar surface area (TPSA) is 37.3 Å². The summed E-state index contributed by atoms with van der Waals surface area (Å²) in [4.78, 5) is 9.94. The number of alkyl halides is 2. The van der Waals surface area contributed by atoms with Crippen molar-refractivity contribution in [3.05, 3.63) is 34.6 Å². The standard InChI is InChI=1S/C13H13Br2FO2/c14-11(12(15)13(17)18)9-5-6-10(16)8-4-2-1-3-7(8)9/h5-6,11-12H,1-4H2,(H,17,18). The van der Waals surface area contributed by atoms with Crippen LogP contribution in [0, 0.1) is 5.82 Å². The van der Waals surface area contributed by atoms with E-state index in [1.165, 1.54) is 6.07 Å². The van der Waals surface area contributed by atoms with Crippen molar-refractivity contribution in [2.45, 2.75) is 35.3 Å². The van der Waals surface area contributed by atoms with Crippen LogP contribution in [-0.2, 0) is 17.6 Å². The number of carboxylic acids is 1. The van der Waals surface area contributed by atoms with Crippen LogP contribution in [0.4, 0.5) is 4.39 Å². The minimum absolute atomic E-state index is 0.172. The monoisotopic (exact) mass is 378 g/mol. The first-order valence-electron chi connectivity index (χ1n) is 5.83. The fourth-order valence-electron chi connectivity index (χ4n) is 2.39. The van der Waals surface area contributed by atoms with Crippen molar-refractivity contribution in [2.24, 2.45) is 0 Å². The number of aliphatic carboxylic acids is 1. The van der Waals surface area contributed by atoms with Gasteiger partial charge in [0.05, 0.1) is 4.83 Å². The molecule has 0 amide bonds. The van der Waals surface area contributed by atoms with Gasteiger partial charge in [-0.15, -0.1) is 0 Å². The van der Waals surface area contributed by atoms with E-state index in [0.717, 1.165) is 42.4 Å². The zero-order valence-corrected chi connectivity index (χ0v) is 12.8. The summed E-state index contributed by atoms with van der Waals surface area (Å²) in [5.41, 5.74) is 2.62. The Bertz CT molecular complexity index is 476. The normalized spacial score (nSPS) is 17.9. The SMILES string of the molecule is O=C(O)C(Br)C(Br)c1ccc(F)c2c1CCCC2. The third-order valence-corrected chi connectivity index (χ3v) is 5.96. The zero-order valence-electron chi connectivity index (χ0n) is 9.63. The molecule has 18 heavy (non-hydrogen) atoms. The number of hydrogen-bond acceptors (Lipinski definition) is 1. The molecule has 2 rings (SSSR count). The smallest absolute Gasteiger partial charge is 0.318 e. The van der Waals surface area contributed by atoms with E-state index >= 15 is 0 Å². The molecule has 0 fully saturated rings. The van der Waals surface area contributed by atoms with Gasteiger partial charge in [0.25, 0.3) is 0 Å². The fraction of sp³-hybridized carbons (Fsp3) is 0.462. The lowest BCUT2D eigenvalue weighted by Crippen LogP contribution is -2.20. The summed E-state index contributed by atoms with van der Waals surface area (Å²) in [5, 5.41) is 9.02. The molecule has 0 saturated heterocycles. The molecule has 0 aliphatic heterocycles. The van der Waals surface area contributed by atoms with E-state index in [1.807, 2.05) is 0 Å². The molecule has 2 atom stereocenters. The molecule has 0 saturated carbocycles. The summed E-state index contributed by atoms with van der Waals surface area (Å²) in [6.07, 6.45) is 3.60. The van der Waals surface area contributed by atoms with Gasteiger partial charge in [-0.05, 0) is 48.4 Å². The molecule has 0 spiro atoms. The lowest BCUT2D eigenvalue weighted by molar-refractivity contribution is -0.136. The molecular weight excluding hydrogens is 367 g/mol. The van der Waals surface area contributed by atoms with E-state index in [-0.39, 0.29) is 10.6 Å². The molecule has 1 aromatic carbocycles. The van der Waals surface area contributed by atoms with Crippen LogP contribution in [0.5, 0.6) is 0 Å². The van der Waals surface area contributed by atoms with Crippen molar-refractivity contribution >= 4 is 37.8 Å². The van der Waals surface area contributed by atoms with Crippen LogP contribution in [0.15, 0.2) is 12.1 Å². The van der Waals surface area contributed by atoms with E-state index < -0.39 is 10.8 Å². The average molecular weight is 380 g/mol. The van der Waals surface area contributed by atoms with Gasteiger partial charge in [-0.3, -0.25) is 4.79 Å². The predicted molar refractivity (Wildman–Crippen MR) is 75.1 cm³/mol. The highest BCUT2D eigenvalue weighted by atomic mass is 79.9. The highest BCUT2D eigenvalue weighted by Crippen LogP contribution is 2.37. The van der Waals surface area contributed by atoms with Crippen LogP contribution in [0.1, 0.15) is 34.4 Å². The number of fused-ring (bicyclic) bond motifs is 1. The molecule has 1 aromatic rings. The Kier molecular flexibility index (Phi) is 4.43. The van der Waals surface area contributed by atoms with Crippen molar-refractivity contribution < 1.29 is 14.3 Å². The maximum atomic E-state index is 13.7. The second kappa shape index (κ2) is 5.70. The molecule has 1 aliphatic rings. The zero-order chi connectivity index (χ0) is 13.3. The first-order valence-corrected chi connectivity index (χ1v) is 7.66. The van der Waals surface area contributed by atoms with E-state index in [2.05, 4.69) is 31.9 Å². The molecule has 0 radical (unpaired) electrons. The maximum absolute atomic E-state index is 13.7. The summed E-state index contributed by atoms with van der Waals surface area (Å²) in [7, 11) is 0. The van der Waals surface area contributed by atoms with Gasteiger partial charge in [-0.25, -0.2) is 4.39 Å². The van der Waals surface area contributed by atoms with Crippen LogP contribution < -0.4 is 0 Å². The number of carboxylic acid groups (broad SMARTS) is 1. The Morgan fingerprint density at radius 1 is 1.22 bits per heavy atom. The largest absolute Gasteiger partial charge is 0.480 e. The van der Waals surface area contributed by atoms with Crippen LogP contribution in [0.3, 0.4) is 0 Å². The highest BCUT2D eigenvalue weighted by Gasteiger charge is 2.28. The lowest BCUT2D eigenvalue weighted by Gasteiger charge is -2.23. The van der Waals surface area contributed by atoms with E-state index in [0.29, 0.717) is 0 Å². The quantitative estimate of drug-likeness (QED) is 0.806. The molecule has 0 bridgehead atoms. The lowest BCUT2D eigenvalue weighted by atomic mass is 9.86. The second-order valence-electron chi connectivity index (χ2n) is 4.44. The van der Waals surface area contributed by atoms with Gasteiger partial charge in [0.1, 0.15) is 10.6 Å². The van der Waals surface area contributed by atoms with Gasteiger partial charge in [-0.2, -0.15) is 0 Å². The van der Waals surface area contributed by atoms with Gasteiger partial charge >= 0.3 is 5.97 Å². The summed E-state index contributed by atoms with van der Waals surface area (Å²) < 4.78 is 13.7. The minimum atomic E-state index is -0.925. The summed E-state index contributed by atoms with van der Waals surface area (Å²) in [5.74, 6) is -1.10. The van der Waals surface area contributed by atoms with Crippen LogP contribution in [-0.4, -0.2) is 15.9 Å². The van der Waals surface area contributed by atoms with Crippen molar-refractivity contribution in [3.63, 3.8) is 0 Å².